The third-order valence-corrected chi connectivity index (χ3v) is 5.46. The van der Waals surface area contributed by atoms with E-state index in [4.69, 9.17) is 4.74 Å². The first-order valence-corrected chi connectivity index (χ1v) is 8.57. The normalized spacial score (nSPS) is 16.9. The van der Waals surface area contributed by atoms with Crippen LogP contribution in [-0.2, 0) is 9.53 Å². The number of nitrogens with one attached hydrogen (secondary N) is 1. The number of hydrogen-bond donors (Lipinski definition) is 1. The smallest absolute Gasteiger partial charge is 0.338 e. The molecule has 0 amide bonds. The Morgan fingerprint density at radius 1 is 1.29 bits per heavy atom. The number of hydrogen-bond acceptors (Lipinski definition) is 5. The lowest BCUT2D eigenvalue weighted by molar-refractivity contribution is -0.136. The second-order valence-electron chi connectivity index (χ2n) is 5.82. The molecule has 1 unspecified atom stereocenters. The lowest BCUT2D eigenvalue weighted by Crippen LogP contribution is -2.28. The number of esters is 1. The zero-order valence-corrected chi connectivity index (χ0v) is 14.5. The van der Waals surface area contributed by atoms with Crippen molar-refractivity contribution >= 4 is 34.3 Å². The molecule has 0 saturated heterocycles. The van der Waals surface area contributed by atoms with E-state index in [1.54, 1.807) is 11.3 Å². The second-order valence-corrected chi connectivity index (χ2v) is 6.77. The second kappa shape index (κ2) is 5.49. The predicted octanol–water partition coefficient (Wildman–Crippen LogP) is 3.87. The highest BCUT2D eigenvalue weighted by atomic mass is 32.1. The molecular weight excluding hydrogens is 322 g/mol. The number of para-hydroxylation sites is 2. The molecule has 0 radical (unpaired) electrons. The number of rotatable bonds is 2. The van der Waals surface area contributed by atoms with Gasteiger partial charge in [-0.15, -0.1) is 11.3 Å². The lowest BCUT2D eigenvalue weighted by Gasteiger charge is -2.29. The van der Waals surface area contributed by atoms with E-state index in [1.807, 2.05) is 31.2 Å². The summed E-state index contributed by atoms with van der Waals surface area (Å²) in [6.07, 6.45) is 0. The van der Waals surface area contributed by atoms with Crippen molar-refractivity contribution in [1.82, 2.24) is 9.55 Å². The molecule has 2 aromatic heterocycles. The number of carbonyl (C=O) groups is 1. The average Bonchev–Trinajstić information content (AvgIpc) is 3.15. The minimum atomic E-state index is -0.318. The molecule has 0 spiro atoms. The Balaban J connectivity index is 2.04. The fourth-order valence-corrected chi connectivity index (χ4v) is 4.28. The molecule has 0 saturated carbocycles. The van der Waals surface area contributed by atoms with Gasteiger partial charge in [0.2, 0.25) is 5.95 Å². The number of carbonyl (C=O) groups excluding carboxylic acids is 1. The molecule has 3 aromatic rings. The van der Waals surface area contributed by atoms with E-state index in [9.17, 15) is 4.79 Å². The van der Waals surface area contributed by atoms with Gasteiger partial charge in [-0.05, 0) is 43.0 Å². The third-order valence-electron chi connectivity index (χ3n) is 4.39. The van der Waals surface area contributed by atoms with Crippen LogP contribution in [0.5, 0.6) is 0 Å². The van der Waals surface area contributed by atoms with Gasteiger partial charge in [-0.3, -0.25) is 4.57 Å². The van der Waals surface area contributed by atoms with Crippen LogP contribution in [0.3, 0.4) is 0 Å². The van der Waals surface area contributed by atoms with Crippen molar-refractivity contribution in [1.29, 1.82) is 0 Å². The quantitative estimate of drug-likeness (QED) is 0.720. The minimum Gasteiger partial charge on any atom is -0.466 e. The van der Waals surface area contributed by atoms with Crippen LogP contribution < -0.4 is 5.32 Å². The van der Waals surface area contributed by atoms with Gasteiger partial charge in [0, 0.05) is 10.6 Å². The van der Waals surface area contributed by atoms with Gasteiger partial charge in [0.1, 0.15) is 6.04 Å². The van der Waals surface area contributed by atoms with Crippen LogP contribution >= 0.6 is 11.3 Å². The highest BCUT2D eigenvalue weighted by molar-refractivity contribution is 7.10. The minimum absolute atomic E-state index is 0.235. The monoisotopic (exact) mass is 339 g/mol. The number of benzene rings is 1. The first kappa shape index (κ1) is 15.0. The van der Waals surface area contributed by atoms with E-state index >= 15 is 0 Å². The highest BCUT2D eigenvalue weighted by Crippen LogP contribution is 2.42. The highest BCUT2D eigenvalue weighted by Gasteiger charge is 2.35. The first-order valence-electron chi connectivity index (χ1n) is 7.69. The summed E-state index contributed by atoms with van der Waals surface area (Å²) >= 11 is 1.65. The molecule has 122 valence electrons. The molecule has 4 rings (SSSR count). The zero-order chi connectivity index (χ0) is 16.8. The Bertz CT molecular complexity index is 983. The third kappa shape index (κ3) is 2.06. The van der Waals surface area contributed by atoms with E-state index in [-0.39, 0.29) is 12.0 Å². The van der Waals surface area contributed by atoms with Crippen LogP contribution in [0.4, 0.5) is 5.95 Å². The van der Waals surface area contributed by atoms with Gasteiger partial charge in [0.15, 0.2) is 0 Å². The van der Waals surface area contributed by atoms with Crippen LogP contribution in [0.25, 0.3) is 11.0 Å². The molecule has 24 heavy (non-hydrogen) atoms. The number of aromatic nitrogens is 2. The van der Waals surface area contributed by atoms with Crippen LogP contribution in [-0.4, -0.2) is 22.6 Å². The molecule has 1 aromatic carbocycles. The van der Waals surface area contributed by atoms with Crippen LogP contribution in [0.2, 0.25) is 0 Å². The number of fused-ring (bicyclic) bond motifs is 3. The molecule has 1 atom stereocenters. The van der Waals surface area contributed by atoms with Crippen LogP contribution in [0.1, 0.15) is 23.4 Å². The number of thiophene rings is 1. The van der Waals surface area contributed by atoms with E-state index in [2.05, 4.69) is 33.2 Å². The summed E-state index contributed by atoms with van der Waals surface area (Å²) in [5.74, 6) is 0.431. The van der Waals surface area contributed by atoms with E-state index in [0.29, 0.717) is 5.57 Å². The number of methoxy groups -OCH3 is 1. The number of ether oxygens (including phenoxy) is 1. The van der Waals surface area contributed by atoms with Gasteiger partial charge < -0.3 is 10.1 Å². The molecule has 0 bridgehead atoms. The van der Waals surface area contributed by atoms with Gasteiger partial charge in [-0.25, -0.2) is 9.78 Å². The van der Waals surface area contributed by atoms with Crippen molar-refractivity contribution in [2.75, 3.05) is 12.4 Å². The van der Waals surface area contributed by atoms with E-state index in [0.717, 1.165) is 33.1 Å². The summed E-state index contributed by atoms with van der Waals surface area (Å²) in [6.45, 7) is 3.96. The summed E-state index contributed by atoms with van der Waals surface area (Å²) in [7, 11) is 1.42. The van der Waals surface area contributed by atoms with Crippen molar-refractivity contribution < 1.29 is 9.53 Å². The van der Waals surface area contributed by atoms with Gasteiger partial charge in [0.25, 0.3) is 0 Å². The summed E-state index contributed by atoms with van der Waals surface area (Å²) in [5.41, 5.74) is 4.45. The average molecular weight is 339 g/mol. The van der Waals surface area contributed by atoms with Gasteiger partial charge in [-0.2, -0.15) is 0 Å². The number of aryl methyl sites for hydroxylation is 1. The molecule has 1 N–H and O–H groups in total. The lowest BCUT2D eigenvalue weighted by atomic mass is 9.99. The summed E-state index contributed by atoms with van der Waals surface area (Å²) in [4.78, 5) is 18.3. The van der Waals surface area contributed by atoms with Gasteiger partial charge >= 0.3 is 5.97 Å². The number of imidazole rings is 1. The Morgan fingerprint density at radius 2 is 2.08 bits per heavy atom. The summed E-state index contributed by atoms with van der Waals surface area (Å²) < 4.78 is 7.16. The van der Waals surface area contributed by atoms with Crippen molar-refractivity contribution in [3.8, 4) is 0 Å². The zero-order valence-electron chi connectivity index (χ0n) is 13.7. The first-order chi connectivity index (χ1) is 11.6. The molecule has 1 aliphatic rings. The van der Waals surface area contributed by atoms with Crippen LogP contribution in [0.15, 0.2) is 47.0 Å². The number of allylic oxidation sites excluding steroid dienone is 1. The maximum atomic E-state index is 12.5. The summed E-state index contributed by atoms with van der Waals surface area (Å²) in [6, 6.07) is 9.80. The van der Waals surface area contributed by atoms with Gasteiger partial charge in [-0.1, -0.05) is 12.1 Å². The Kier molecular flexibility index (Phi) is 3.42. The van der Waals surface area contributed by atoms with E-state index in [1.165, 1.54) is 7.11 Å². The number of anilines is 1. The molecule has 1 aliphatic heterocycles. The van der Waals surface area contributed by atoms with Crippen molar-refractivity contribution in [3.63, 3.8) is 0 Å². The Morgan fingerprint density at radius 3 is 2.79 bits per heavy atom. The van der Waals surface area contributed by atoms with Crippen molar-refractivity contribution in [2.24, 2.45) is 0 Å². The van der Waals surface area contributed by atoms with Crippen LogP contribution in [0, 0.1) is 6.92 Å². The van der Waals surface area contributed by atoms with Gasteiger partial charge in [0.05, 0.1) is 23.7 Å². The largest absolute Gasteiger partial charge is 0.466 e. The maximum absolute atomic E-state index is 12.5. The maximum Gasteiger partial charge on any atom is 0.338 e. The SMILES string of the molecule is COC(=O)C1=C(C)Nc2nc3ccccc3n2C1c1sccc1C. The number of nitrogens with zero attached hydrogens (tertiary/aromatic N) is 2. The Labute approximate surface area is 143 Å². The molecule has 3 heterocycles. The van der Waals surface area contributed by atoms with E-state index < -0.39 is 0 Å². The van der Waals surface area contributed by atoms with Crippen molar-refractivity contribution in [2.45, 2.75) is 19.9 Å². The molecule has 6 heteroatoms. The summed E-state index contributed by atoms with van der Waals surface area (Å²) in [5, 5.41) is 5.31. The predicted molar refractivity (Wildman–Crippen MR) is 95.3 cm³/mol. The fourth-order valence-electron chi connectivity index (χ4n) is 3.25. The molecular formula is C18H17N3O2S. The molecule has 0 fully saturated rings. The van der Waals surface area contributed by atoms with Crippen molar-refractivity contribution in [3.05, 3.63) is 57.4 Å². The molecule has 5 nitrogen and oxygen atoms in total. The Hall–Kier alpha value is -2.60. The standard InChI is InChI=1S/C18H17N3O2S/c1-10-8-9-24-16(10)15-14(17(22)23-3)11(2)19-18-20-12-6-4-5-7-13(12)21(15)18/h4-9,15H,1-3H3,(H,19,20). The topological polar surface area (TPSA) is 56.1 Å². The molecule has 0 aliphatic carbocycles. The fraction of sp³-hybridized carbons (Fsp3) is 0.222.